The van der Waals surface area contributed by atoms with Gasteiger partial charge in [-0.3, -0.25) is 19.5 Å². The van der Waals surface area contributed by atoms with E-state index < -0.39 is 4.92 Å². The van der Waals surface area contributed by atoms with Gasteiger partial charge < -0.3 is 9.47 Å². The number of nitro benzene ring substituents is 1. The fourth-order valence-corrected chi connectivity index (χ4v) is 6.80. The summed E-state index contributed by atoms with van der Waals surface area (Å²) >= 11 is 1.40. The zero-order chi connectivity index (χ0) is 30.2. The maximum Gasteiger partial charge on any atom is 0.271 e. The number of fused-ring (bicyclic) bond motifs is 3. The molecule has 9 heteroatoms. The standard InChI is InChI=1S/C35H27N3O5S/c1-42-27-17-10-25(11-18-27)33-30-19-12-24-4-2-3-5-29(24)32(30)36-35-37(33)34(39)31(44-35)20-22-8-15-28(16-9-22)43-21-23-6-13-26(14-7-23)38(40)41/h2-11,13-18,20,33H,12,19,21H2,1H3/b31-20-/t33-/m1/s1. The van der Waals surface area contributed by atoms with Gasteiger partial charge in [-0.15, -0.1) is 0 Å². The van der Waals surface area contributed by atoms with E-state index in [0.29, 0.717) is 15.1 Å². The topological polar surface area (TPSA) is 96.0 Å². The van der Waals surface area contributed by atoms with Crippen molar-refractivity contribution < 1.29 is 14.4 Å². The van der Waals surface area contributed by atoms with Crippen LogP contribution in [0.3, 0.4) is 0 Å². The number of non-ortho nitro benzene ring substituents is 1. The van der Waals surface area contributed by atoms with Gasteiger partial charge in [0.1, 0.15) is 18.1 Å². The van der Waals surface area contributed by atoms with E-state index >= 15 is 0 Å². The molecule has 0 amide bonds. The van der Waals surface area contributed by atoms with Gasteiger partial charge in [-0.25, -0.2) is 4.99 Å². The molecule has 0 saturated carbocycles. The minimum atomic E-state index is -0.424. The number of ether oxygens (including phenoxy) is 2. The molecular weight excluding hydrogens is 574 g/mol. The smallest absolute Gasteiger partial charge is 0.271 e. The predicted octanol–water partition coefficient (Wildman–Crippen LogP) is 5.81. The third-order valence-electron chi connectivity index (χ3n) is 8.04. The van der Waals surface area contributed by atoms with Crippen LogP contribution in [0.25, 0.3) is 11.8 Å². The molecule has 2 aliphatic rings. The summed E-state index contributed by atoms with van der Waals surface area (Å²) in [4.78, 5) is 30.2. The number of nitro groups is 1. The van der Waals surface area contributed by atoms with Crippen LogP contribution in [0.2, 0.25) is 0 Å². The number of aryl methyl sites for hydroxylation is 1. The van der Waals surface area contributed by atoms with Crippen molar-refractivity contribution in [1.29, 1.82) is 0 Å². The molecule has 0 saturated heterocycles. The SMILES string of the molecule is COc1ccc([C@@H]2C3=C(N=c4s/c(=C\c5ccc(OCc6ccc([N+](=O)[O-])cc6)cc5)c(=O)n42)c2ccccc2CC3)cc1. The quantitative estimate of drug-likeness (QED) is 0.173. The Labute approximate surface area is 256 Å². The fourth-order valence-electron chi connectivity index (χ4n) is 5.80. The lowest BCUT2D eigenvalue weighted by Gasteiger charge is -2.30. The Bertz CT molecular complexity index is 2090. The van der Waals surface area contributed by atoms with Crippen molar-refractivity contribution in [3.63, 3.8) is 0 Å². The molecular formula is C35H27N3O5S. The lowest BCUT2D eigenvalue weighted by atomic mass is 9.83. The Balaban J connectivity index is 1.23. The van der Waals surface area contributed by atoms with Crippen LogP contribution in [-0.4, -0.2) is 16.6 Å². The van der Waals surface area contributed by atoms with Gasteiger partial charge in [0, 0.05) is 17.7 Å². The van der Waals surface area contributed by atoms with Crippen LogP contribution in [0, 0.1) is 10.1 Å². The zero-order valence-electron chi connectivity index (χ0n) is 23.8. The molecule has 218 valence electrons. The number of nitrogens with zero attached hydrogens (tertiary/aromatic N) is 3. The summed E-state index contributed by atoms with van der Waals surface area (Å²) in [6.45, 7) is 0.287. The Morgan fingerprint density at radius 2 is 1.68 bits per heavy atom. The second-order valence-electron chi connectivity index (χ2n) is 10.7. The van der Waals surface area contributed by atoms with Crippen LogP contribution >= 0.6 is 11.3 Å². The van der Waals surface area contributed by atoms with Crippen LogP contribution in [0.4, 0.5) is 5.69 Å². The molecule has 1 aliphatic carbocycles. The molecule has 8 nitrogen and oxygen atoms in total. The second-order valence-corrected chi connectivity index (χ2v) is 11.7. The first-order valence-corrected chi connectivity index (χ1v) is 15.0. The highest BCUT2D eigenvalue weighted by atomic mass is 32.1. The maximum atomic E-state index is 14.0. The molecule has 44 heavy (non-hydrogen) atoms. The van der Waals surface area contributed by atoms with Gasteiger partial charge in [0.2, 0.25) is 0 Å². The van der Waals surface area contributed by atoms with Gasteiger partial charge in [-0.05, 0) is 83.1 Å². The lowest BCUT2D eigenvalue weighted by molar-refractivity contribution is -0.384. The first-order valence-electron chi connectivity index (χ1n) is 14.2. The summed E-state index contributed by atoms with van der Waals surface area (Å²) < 4.78 is 13.7. The van der Waals surface area contributed by atoms with Crippen LogP contribution in [0.1, 0.15) is 40.3 Å². The Kier molecular flexibility index (Phi) is 7.15. The van der Waals surface area contributed by atoms with Gasteiger partial charge in [-0.2, -0.15) is 0 Å². The molecule has 0 radical (unpaired) electrons. The van der Waals surface area contributed by atoms with E-state index in [1.54, 1.807) is 19.2 Å². The van der Waals surface area contributed by atoms with Crippen LogP contribution < -0.4 is 24.4 Å². The number of aromatic nitrogens is 1. The highest BCUT2D eigenvalue weighted by Crippen LogP contribution is 2.41. The third-order valence-corrected chi connectivity index (χ3v) is 9.02. The number of hydrogen-bond donors (Lipinski definition) is 0. The fraction of sp³-hybridized carbons (Fsp3) is 0.143. The van der Waals surface area contributed by atoms with E-state index in [-0.39, 0.29) is 23.9 Å². The minimum Gasteiger partial charge on any atom is -0.497 e. The number of rotatable bonds is 7. The van der Waals surface area contributed by atoms with Crippen molar-refractivity contribution >= 4 is 28.8 Å². The monoisotopic (exact) mass is 601 g/mol. The van der Waals surface area contributed by atoms with Crippen LogP contribution in [-0.2, 0) is 13.0 Å². The van der Waals surface area contributed by atoms with Gasteiger partial charge in [0.25, 0.3) is 11.2 Å². The number of benzene rings is 4. The van der Waals surface area contributed by atoms with Crippen molar-refractivity contribution in [3.05, 3.63) is 160 Å². The Hall–Kier alpha value is -5.28. The summed E-state index contributed by atoms with van der Waals surface area (Å²) in [7, 11) is 1.65. The first-order chi connectivity index (χ1) is 21.5. The summed E-state index contributed by atoms with van der Waals surface area (Å²) in [5, 5.41) is 10.9. The van der Waals surface area contributed by atoms with Gasteiger partial charge >= 0.3 is 0 Å². The normalized spacial score (nSPS) is 15.6. The predicted molar refractivity (Wildman–Crippen MR) is 170 cm³/mol. The lowest BCUT2D eigenvalue weighted by Crippen LogP contribution is -2.38. The highest BCUT2D eigenvalue weighted by Gasteiger charge is 2.32. The summed E-state index contributed by atoms with van der Waals surface area (Å²) in [6, 6.07) is 29.9. The average molecular weight is 602 g/mol. The van der Waals surface area contributed by atoms with Crippen LogP contribution in [0.15, 0.2) is 112 Å². The molecule has 4 aromatic carbocycles. The number of allylic oxidation sites excluding steroid dienone is 1. The second kappa shape index (κ2) is 11.4. The van der Waals surface area contributed by atoms with E-state index in [0.717, 1.165) is 52.1 Å². The average Bonchev–Trinajstić information content (AvgIpc) is 3.37. The molecule has 1 aromatic heterocycles. The first kappa shape index (κ1) is 27.5. The van der Waals surface area contributed by atoms with Crippen molar-refractivity contribution in [2.45, 2.75) is 25.5 Å². The highest BCUT2D eigenvalue weighted by molar-refractivity contribution is 7.07. The Morgan fingerprint density at radius 3 is 2.41 bits per heavy atom. The molecule has 0 fully saturated rings. The molecule has 5 aromatic rings. The molecule has 7 rings (SSSR count). The maximum absolute atomic E-state index is 14.0. The van der Waals surface area contributed by atoms with E-state index in [4.69, 9.17) is 14.5 Å². The number of hydrogen-bond acceptors (Lipinski definition) is 7. The summed E-state index contributed by atoms with van der Waals surface area (Å²) in [5.41, 5.74) is 7.23. The zero-order valence-corrected chi connectivity index (χ0v) is 24.6. The van der Waals surface area contributed by atoms with E-state index in [2.05, 4.69) is 18.2 Å². The molecule has 1 aliphatic heterocycles. The largest absolute Gasteiger partial charge is 0.497 e. The van der Waals surface area contributed by atoms with E-state index in [1.165, 1.54) is 29.0 Å². The van der Waals surface area contributed by atoms with Gasteiger partial charge in [0.05, 0.1) is 28.3 Å². The number of thiazole rings is 1. The molecule has 0 bridgehead atoms. The van der Waals surface area contributed by atoms with E-state index in [1.807, 2.05) is 65.2 Å². The van der Waals surface area contributed by atoms with Crippen molar-refractivity contribution in [2.75, 3.05) is 7.11 Å². The molecule has 2 heterocycles. The third kappa shape index (κ3) is 5.11. The Morgan fingerprint density at radius 1 is 0.955 bits per heavy atom. The summed E-state index contributed by atoms with van der Waals surface area (Å²) in [5.74, 6) is 1.43. The van der Waals surface area contributed by atoms with Crippen molar-refractivity contribution in [1.82, 2.24) is 4.57 Å². The minimum absolute atomic E-state index is 0.0451. The van der Waals surface area contributed by atoms with Crippen LogP contribution in [0.5, 0.6) is 11.5 Å². The summed E-state index contributed by atoms with van der Waals surface area (Å²) in [6.07, 6.45) is 3.63. The molecule has 0 N–H and O–H groups in total. The van der Waals surface area contributed by atoms with Gasteiger partial charge in [0.15, 0.2) is 4.80 Å². The van der Waals surface area contributed by atoms with E-state index in [9.17, 15) is 14.9 Å². The van der Waals surface area contributed by atoms with Gasteiger partial charge in [-0.1, -0.05) is 59.9 Å². The molecule has 0 unspecified atom stereocenters. The number of methoxy groups -OCH3 is 1. The molecule has 1 atom stereocenters. The van der Waals surface area contributed by atoms with Crippen molar-refractivity contribution in [2.24, 2.45) is 4.99 Å². The van der Waals surface area contributed by atoms with Crippen molar-refractivity contribution in [3.8, 4) is 11.5 Å². The molecule has 0 spiro atoms.